The van der Waals surface area contributed by atoms with Crippen LogP contribution < -0.4 is 5.32 Å². The molecule has 0 bridgehead atoms. The molecule has 108 valence electrons. The van der Waals surface area contributed by atoms with Crippen molar-refractivity contribution in [3.05, 3.63) is 70.3 Å². The maximum absolute atomic E-state index is 12.7. The minimum atomic E-state index is -0.158. The lowest BCUT2D eigenvalue weighted by atomic mass is 9.89. The SMILES string of the molecule is Cc1ccc(C)c(CC(=O)C2NCCc3ccccc32)c1. The first kappa shape index (κ1) is 14.0. The molecule has 2 heteroatoms. The van der Waals surface area contributed by atoms with Gasteiger partial charge in [-0.3, -0.25) is 4.79 Å². The van der Waals surface area contributed by atoms with E-state index < -0.39 is 0 Å². The number of rotatable bonds is 3. The van der Waals surface area contributed by atoms with Crippen LogP contribution in [0, 0.1) is 13.8 Å². The van der Waals surface area contributed by atoms with Crippen LogP contribution in [0.2, 0.25) is 0 Å². The van der Waals surface area contributed by atoms with Crippen LogP contribution in [-0.2, 0) is 17.6 Å². The van der Waals surface area contributed by atoms with Crippen molar-refractivity contribution in [3.8, 4) is 0 Å². The van der Waals surface area contributed by atoms with Gasteiger partial charge in [-0.2, -0.15) is 0 Å². The molecule has 0 aromatic heterocycles. The van der Waals surface area contributed by atoms with Crippen molar-refractivity contribution in [2.75, 3.05) is 6.54 Å². The first-order chi connectivity index (χ1) is 10.1. The zero-order valence-electron chi connectivity index (χ0n) is 12.6. The fraction of sp³-hybridized carbons (Fsp3) is 0.316. The van der Waals surface area contributed by atoms with Gasteiger partial charge in [-0.15, -0.1) is 0 Å². The van der Waals surface area contributed by atoms with Crippen LogP contribution in [0.3, 0.4) is 0 Å². The van der Waals surface area contributed by atoms with E-state index in [9.17, 15) is 4.79 Å². The van der Waals surface area contributed by atoms with E-state index in [1.807, 2.05) is 6.07 Å². The van der Waals surface area contributed by atoms with Crippen LogP contribution in [0.4, 0.5) is 0 Å². The molecule has 0 saturated carbocycles. The molecule has 0 saturated heterocycles. The lowest BCUT2D eigenvalue weighted by Gasteiger charge is -2.26. The number of nitrogens with one attached hydrogen (secondary N) is 1. The Labute approximate surface area is 126 Å². The number of carbonyl (C=O) groups is 1. The summed E-state index contributed by atoms with van der Waals surface area (Å²) in [4.78, 5) is 12.7. The van der Waals surface area contributed by atoms with Gasteiger partial charge < -0.3 is 5.32 Å². The van der Waals surface area contributed by atoms with Gasteiger partial charge in [0.1, 0.15) is 0 Å². The van der Waals surface area contributed by atoms with Gasteiger partial charge in [-0.25, -0.2) is 0 Å². The number of hydrogen-bond acceptors (Lipinski definition) is 2. The highest BCUT2D eigenvalue weighted by atomic mass is 16.1. The lowest BCUT2D eigenvalue weighted by molar-refractivity contribution is -0.120. The van der Waals surface area contributed by atoms with Crippen molar-refractivity contribution < 1.29 is 4.79 Å². The molecule has 1 N–H and O–H groups in total. The number of ketones is 1. The zero-order chi connectivity index (χ0) is 14.8. The number of aryl methyl sites for hydroxylation is 2. The molecule has 2 aromatic rings. The van der Waals surface area contributed by atoms with Gasteiger partial charge in [0.05, 0.1) is 6.04 Å². The molecular formula is C19H21NO. The van der Waals surface area contributed by atoms with Gasteiger partial charge in [-0.05, 0) is 42.5 Å². The molecule has 3 rings (SSSR count). The maximum Gasteiger partial charge on any atom is 0.158 e. The quantitative estimate of drug-likeness (QED) is 0.934. The lowest BCUT2D eigenvalue weighted by Crippen LogP contribution is -2.35. The zero-order valence-corrected chi connectivity index (χ0v) is 12.6. The molecule has 1 aliphatic rings. The second-order valence-corrected chi connectivity index (χ2v) is 5.91. The summed E-state index contributed by atoms with van der Waals surface area (Å²) < 4.78 is 0. The summed E-state index contributed by atoms with van der Waals surface area (Å²) in [5.74, 6) is 0.260. The Hall–Kier alpha value is -1.93. The highest BCUT2D eigenvalue weighted by Crippen LogP contribution is 2.25. The van der Waals surface area contributed by atoms with Crippen molar-refractivity contribution in [2.24, 2.45) is 0 Å². The average molecular weight is 279 g/mol. The van der Waals surface area contributed by atoms with Crippen molar-refractivity contribution in [3.63, 3.8) is 0 Å². The molecule has 0 fully saturated rings. The van der Waals surface area contributed by atoms with Gasteiger partial charge >= 0.3 is 0 Å². The Bertz CT molecular complexity index is 675. The van der Waals surface area contributed by atoms with Crippen LogP contribution in [0.1, 0.15) is 33.9 Å². The molecule has 0 aliphatic carbocycles. The molecule has 1 aliphatic heterocycles. The fourth-order valence-electron chi connectivity index (χ4n) is 3.07. The predicted molar refractivity (Wildman–Crippen MR) is 85.5 cm³/mol. The van der Waals surface area contributed by atoms with Crippen molar-refractivity contribution >= 4 is 5.78 Å². The molecule has 1 unspecified atom stereocenters. The highest BCUT2D eigenvalue weighted by molar-refractivity contribution is 5.88. The van der Waals surface area contributed by atoms with Crippen LogP contribution in [0.15, 0.2) is 42.5 Å². The second-order valence-electron chi connectivity index (χ2n) is 5.91. The first-order valence-corrected chi connectivity index (χ1v) is 7.55. The minimum Gasteiger partial charge on any atom is -0.303 e. The molecule has 21 heavy (non-hydrogen) atoms. The maximum atomic E-state index is 12.7. The predicted octanol–water partition coefficient (Wildman–Crippen LogP) is 3.30. The van der Waals surface area contributed by atoms with Gasteiger partial charge in [0, 0.05) is 13.0 Å². The monoisotopic (exact) mass is 279 g/mol. The summed E-state index contributed by atoms with van der Waals surface area (Å²) in [6, 6.07) is 14.4. The third kappa shape index (κ3) is 2.91. The van der Waals surface area contributed by atoms with E-state index in [1.54, 1.807) is 0 Å². The van der Waals surface area contributed by atoms with Crippen LogP contribution in [0.25, 0.3) is 0 Å². The molecule has 0 spiro atoms. The normalized spacial score (nSPS) is 17.3. The van der Waals surface area contributed by atoms with E-state index >= 15 is 0 Å². The highest BCUT2D eigenvalue weighted by Gasteiger charge is 2.25. The first-order valence-electron chi connectivity index (χ1n) is 7.55. The van der Waals surface area contributed by atoms with Crippen molar-refractivity contribution in [2.45, 2.75) is 32.7 Å². The Morgan fingerprint density at radius 1 is 1.19 bits per heavy atom. The Kier molecular flexibility index (Phi) is 3.89. The Morgan fingerprint density at radius 3 is 2.86 bits per heavy atom. The number of Topliss-reactive ketones (excluding diaryl/α,β-unsaturated/α-hetero) is 1. The molecule has 1 heterocycles. The summed E-state index contributed by atoms with van der Waals surface area (Å²) in [5, 5.41) is 3.38. The third-order valence-electron chi connectivity index (χ3n) is 4.30. The van der Waals surface area contributed by atoms with E-state index in [0.29, 0.717) is 6.42 Å². The van der Waals surface area contributed by atoms with E-state index in [4.69, 9.17) is 0 Å². The third-order valence-corrected chi connectivity index (χ3v) is 4.30. The number of fused-ring (bicyclic) bond motifs is 1. The number of hydrogen-bond donors (Lipinski definition) is 1. The van der Waals surface area contributed by atoms with E-state index in [0.717, 1.165) is 24.1 Å². The molecule has 1 atom stereocenters. The number of benzene rings is 2. The topological polar surface area (TPSA) is 29.1 Å². The molecular weight excluding hydrogens is 258 g/mol. The fourth-order valence-corrected chi connectivity index (χ4v) is 3.07. The molecule has 0 amide bonds. The minimum absolute atomic E-state index is 0.158. The van der Waals surface area contributed by atoms with Gasteiger partial charge in [0.25, 0.3) is 0 Å². The van der Waals surface area contributed by atoms with Crippen LogP contribution in [0.5, 0.6) is 0 Å². The van der Waals surface area contributed by atoms with Crippen molar-refractivity contribution in [1.82, 2.24) is 5.32 Å². The second kappa shape index (κ2) is 5.82. The summed E-state index contributed by atoms with van der Waals surface area (Å²) in [6.45, 7) is 5.02. The van der Waals surface area contributed by atoms with Gasteiger partial charge in [0.2, 0.25) is 0 Å². The smallest absolute Gasteiger partial charge is 0.158 e. The van der Waals surface area contributed by atoms with E-state index in [2.05, 4.69) is 55.6 Å². The summed E-state index contributed by atoms with van der Waals surface area (Å²) in [5.41, 5.74) is 6.00. The molecule has 2 aromatic carbocycles. The summed E-state index contributed by atoms with van der Waals surface area (Å²) in [6.07, 6.45) is 1.50. The summed E-state index contributed by atoms with van der Waals surface area (Å²) in [7, 11) is 0. The molecule has 0 radical (unpaired) electrons. The number of carbonyl (C=O) groups excluding carboxylic acids is 1. The van der Waals surface area contributed by atoms with Crippen molar-refractivity contribution in [1.29, 1.82) is 0 Å². The largest absolute Gasteiger partial charge is 0.303 e. The Morgan fingerprint density at radius 2 is 2.00 bits per heavy atom. The van der Waals surface area contributed by atoms with Crippen LogP contribution in [-0.4, -0.2) is 12.3 Å². The Balaban J connectivity index is 1.85. The van der Waals surface area contributed by atoms with E-state index in [1.165, 1.54) is 16.7 Å². The van der Waals surface area contributed by atoms with Crippen LogP contribution >= 0.6 is 0 Å². The average Bonchev–Trinajstić information content (AvgIpc) is 2.50. The van der Waals surface area contributed by atoms with E-state index in [-0.39, 0.29) is 11.8 Å². The van der Waals surface area contributed by atoms with Gasteiger partial charge in [0.15, 0.2) is 5.78 Å². The summed E-state index contributed by atoms with van der Waals surface area (Å²) >= 11 is 0. The van der Waals surface area contributed by atoms with Gasteiger partial charge in [-0.1, -0.05) is 48.0 Å². The standard InChI is InChI=1S/C19H21NO/c1-13-7-8-14(2)16(11-13)12-18(21)19-17-6-4-3-5-15(17)9-10-20-19/h3-8,11,19-20H,9-10,12H2,1-2H3. The molecule has 2 nitrogen and oxygen atoms in total.